The number of hydrogen-bond acceptors (Lipinski definition) is 4. The molecule has 1 saturated heterocycles. The number of nitrogens with one attached hydrogen (secondary N) is 1. The molecule has 0 unspecified atom stereocenters. The molecule has 0 saturated carbocycles. The molecule has 2 rings (SSSR count). The van der Waals surface area contributed by atoms with Gasteiger partial charge in [0.05, 0.1) is 0 Å². The first kappa shape index (κ1) is 15.3. The molecule has 1 aliphatic rings. The van der Waals surface area contributed by atoms with Gasteiger partial charge in [-0.3, -0.25) is 0 Å². The molecule has 0 bridgehead atoms. The zero-order valence-corrected chi connectivity index (χ0v) is 11.9. The van der Waals surface area contributed by atoms with Crippen LogP contribution in [0.3, 0.4) is 0 Å². The van der Waals surface area contributed by atoms with Gasteiger partial charge in [0, 0.05) is 5.56 Å². The SMILES string of the molecule is CC(C)(C)Oc1ccc(O)c([C@@H]2NC(=O)OCC2(F)F)c1. The molecule has 2 N–H and O–H groups in total. The minimum atomic E-state index is -3.33. The van der Waals surface area contributed by atoms with Crippen molar-refractivity contribution in [1.82, 2.24) is 5.32 Å². The van der Waals surface area contributed by atoms with E-state index in [4.69, 9.17) is 4.74 Å². The number of phenols is 1. The lowest BCUT2D eigenvalue weighted by molar-refractivity contribution is -0.104. The van der Waals surface area contributed by atoms with Crippen LogP contribution in [0.1, 0.15) is 32.4 Å². The Morgan fingerprint density at radius 2 is 2.10 bits per heavy atom. The van der Waals surface area contributed by atoms with Crippen molar-refractivity contribution >= 4 is 6.09 Å². The third kappa shape index (κ3) is 3.53. The molecular weight excluding hydrogens is 284 g/mol. The van der Waals surface area contributed by atoms with Crippen molar-refractivity contribution in [2.45, 2.75) is 38.3 Å². The van der Waals surface area contributed by atoms with E-state index in [0.717, 1.165) is 0 Å². The molecule has 0 radical (unpaired) electrons. The predicted octanol–water partition coefficient (Wildman–Crippen LogP) is 2.99. The van der Waals surface area contributed by atoms with Crippen LogP contribution < -0.4 is 10.1 Å². The van der Waals surface area contributed by atoms with Crippen molar-refractivity contribution in [1.29, 1.82) is 0 Å². The van der Waals surface area contributed by atoms with Crippen LogP contribution in [0, 0.1) is 0 Å². The van der Waals surface area contributed by atoms with E-state index in [1.165, 1.54) is 18.2 Å². The zero-order valence-electron chi connectivity index (χ0n) is 11.9. The highest BCUT2D eigenvalue weighted by Crippen LogP contribution is 2.40. The first-order chi connectivity index (χ1) is 9.58. The van der Waals surface area contributed by atoms with E-state index in [1.54, 1.807) is 0 Å². The lowest BCUT2D eigenvalue weighted by Crippen LogP contribution is -2.49. The summed E-state index contributed by atoms with van der Waals surface area (Å²) >= 11 is 0. The summed E-state index contributed by atoms with van der Waals surface area (Å²) in [5.74, 6) is -3.35. The third-order valence-corrected chi connectivity index (χ3v) is 2.81. The normalized spacial score (nSPS) is 21.4. The van der Waals surface area contributed by atoms with Gasteiger partial charge in [0.15, 0.2) is 6.61 Å². The number of carbonyl (C=O) groups excluding carboxylic acids is 1. The summed E-state index contributed by atoms with van der Waals surface area (Å²) in [5, 5.41) is 11.9. The first-order valence-corrected chi connectivity index (χ1v) is 6.41. The van der Waals surface area contributed by atoms with Crippen LogP contribution in [0.4, 0.5) is 13.6 Å². The Hall–Kier alpha value is -2.05. The Morgan fingerprint density at radius 3 is 2.71 bits per heavy atom. The topological polar surface area (TPSA) is 67.8 Å². The minimum Gasteiger partial charge on any atom is -0.508 e. The fourth-order valence-corrected chi connectivity index (χ4v) is 2.00. The van der Waals surface area contributed by atoms with Gasteiger partial charge in [-0.2, -0.15) is 0 Å². The second kappa shape index (κ2) is 5.05. The number of hydrogen-bond donors (Lipinski definition) is 2. The summed E-state index contributed by atoms with van der Waals surface area (Å²) < 4.78 is 37.6. The summed E-state index contributed by atoms with van der Waals surface area (Å²) in [5.41, 5.74) is -0.631. The standard InChI is InChI=1S/C14H17F2NO4/c1-13(2,3)21-8-4-5-10(18)9(6-8)11-14(15,16)7-20-12(19)17-11/h4-6,11,18H,7H2,1-3H3,(H,17,19)/t11-/m0/s1. The molecule has 1 heterocycles. The van der Waals surface area contributed by atoms with Crippen LogP contribution in [0.15, 0.2) is 18.2 Å². The molecule has 1 aliphatic heterocycles. The number of benzene rings is 1. The van der Waals surface area contributed by atoms with Gasteiger partial charge < -0.3 is 19.9 Å². The summed E-state index contributed by atoms with van der Waals surface area (Å²) in [6.07, 6.45) is -0.951. The lowest BCUT2D eigenvalue weighted by atomic mass is 9.98. The number of alkyl halides is 2. The molecular formula is C14H17F2NO4. The summed E-state index contributed by atoms with van der Waals surface area (Å²) in [7, 11) is 0. The highest BCUT2D eigenvalue weighted by Gasteiger charge is 2.48. The molecule has 5 nitrogen and oxygen atoms in total. The molecule has 1 atom stereocenters. The van der Waals surface area contributed by atoms with Crippen LogP contribution in [0.2, 0.25) is 0 Å². The number of carbonyl (C=O) groups is 1. The highest BCUT2D eigenvalue weighted by molar-refractivity contribution is 5.69. The molecule has 1 aromatic carbocycles. The molecule has 0 aliphatic carbocycles. The molecule has 1 aromatic rings. The van der Waals surface area contributed by atoms with E-state index >= 15 is 0 Å². The van der Waals surface area contributed by atoms with Crippen molar-refractivity contribution in [3.8, 4) is 11.5 Å². The smallest absolute Gasteiger partial charge is 0.408 e. The van der Waals surface area contributed by atoms with Crippen molar-refractivity contribution in [2.24, 2.45) is 0 Å². The van der Waals surface area contributed by atoms with E-state index in [-0.39, 0.29) is 11.3 Å². The fraction of sp³-hybridized carbons (Fsp3) is 0.500. The molecule has 0 aromatic heterocycles. The van der Waals surface area contributed by atoms with Crippen LogP contribution in [-0.4, -0.2) is 29.3 Å². The average Bonchev–Trinajstić information content (AvgIpc) is 2.33. The summed E-state index contributed by atoms with van der Waals surface area (Å²) in [6, 6.07) is 2.37. The van der Waals surface area contributed by atoms with E-state index in [1.807, 2.05) is 26.1 Å². The molecule has 1 fully saturated rings. The Kier molecular flexibility index (Phi) is 3.69. The van der Waals surface area contributed by atoms with Gasteiger partial charge in [-0.05, 0) is 39.0 Å². The van der Waals surface area contributed by atoms with Gasteiger partial charge >= 0.3 is 12.0 Å². The second-order valence-electron chi connectivity index (χ2n) is 5.85. The molecule has 1 amide bonds. The maximum absolute atomic E-state index is 13.9. The fourth-order valence-electron chi connectivity index (χ4n) is 2.00. The maximum atomic E-state index is 13.9. The van der Waals surface area contributed by atoms with Gasteiger partial charge in [0.25, 0.3) is 0 Å². The van der Waals surface area contributed by atoms with Crippen molar-refractivity contribution < 1.29 is 28.2 Å². The minimum absolute atomic E-state index is 0.113. The molecule has 116 valence electrons. The molecule has 7 heteroatoms. The summed E-state index contributed by atoms with van der Waals surface area (Å²) in [6.45, 7) is 4.40. The van der Waals surface area contributed by atoms with Crippen molar-refractivity contribution in [3.63, 3.8) is 0 Å². The van der Waals surface area contributed by atoms with E-state index in [2.05, 4.69) is 4.74 Å². The maximum Gasteiger partial charge on any atom is 0.408 e. The van der Waals surface area contributed by atoms with Gasteiger partial charge in [-0.1, -0.05) is 0 Å². The number of rotatable bonds is 2. The number of aromatic hydroxyl groups is 1. The Balaban J connectivity index is 2.37. The number of amides is 1. The Labute approximate surface area is 120 Å². The van der Waals surface area contributed by atoms with E-state index < -0.39 is 30.3 Å². The quantitative estimate of drug-likeness (QED) is 0.881. The zero-order chi connectivity index (χ0) is 15.8. The highest BCUT2D eigenvalue weighted by atomic mass is 19.3. The van der Waals surface area contributed by atoms with Gasteiger partial charge in [0.1, 0.15) is 23.1 Å². The number of phenolic OH excluding ortho intramolecular Hbond substituents is 1. The Bertz CT molecular complexity index is 554. The largest absolute Gasteiger partial charge is 0.508 e. The second-order valence-corrected chi connectivity index (χ2v) is 5.85. The van der Waals surface area contributed by atoms with E-state index in [0.29, 0.717) is 5.75 Å². The van der Waals surface area contributed by atoms with Crippen LogP contribution in [0.5, 0.6) is 11.5 Å². The average molecular weight is 301 g/mol. The van der Waals surface area contributed by atoms with Gasteiger partial charge in [0.2, 0.25) is 0 Å². The van der Waals surface area contributed by atoms with Crippen LogP contribution in [-0.2, 0) is 4.74 Å². The molecule has 21 heavy (non-hydrogen) atoms. The summed E-state index contributed by atoms with van der Waals surface area (Å²) in [4.78, 5) is 11.2. The number of ether oxygens (including phenoxy) is 2. The number of halogens is 2. The van der Waals surface area contributed by atoms with Crippen molar-refractivity contribution in [2.75, 3.05) is 6.61 Å². The van der Waals surface area contributed by atoms with Crippen LogP contribution in [0.25, 0.3) is 0 Å². The predicted molar refractivity (Wildman–Crippen MR) is 70.7 cm³/mol. The number of cyclic esters (lactones) is 1. The third-order valence-electron chi connectivity index (χ3n) is 2.81. The lowest BCUT2D eigenvalue weighted by Gasteiger charge is -2.32. The van der Waals surface area contributed by atoms with E-state index in [9.17, 15) is 18.7 Å². The Morgan fingerprint density at radius 1 is 1.43 bits per heavy atom. The van der Waals surface area contributed by atoms with Crippen molar-refractivity contribution in [3.05, 3.63) is 23.8 Å². The van der Waals surface area contributed by atoms with Gasteiger partial charge in [-0.25, -0.2) is 13.6 Å². The van der Waals surface area contributed by atoms with Crippen LogP contribution >= 0.6 is 0 Å². The monoisotopic (exact) mass is 301 g/mol. The first-order valence-electron chi connectivity index (χ1n) is 6.41. The molecule has 0 spiro atoms. The van der Waals surface area contributed by atoms with Gasteiger partial charge in [-0.15, -0.1) is 0 Å². The number of alkyl carbamates (subject to hydrolysis) is 1.